The molecule has 3 N–H and O–H groups in total. The van der Waals surface area contributed by atoms with Crippen LogP contribution in [-0.4, -0.2) is 23.3 Å². The molecule has 0 saturated heterocycles. The maximum Gasteiger partial charge on any atom is 0.339 e. The number of furan rings is 1. The Bertz CT molecular complexity index is 1050. The maximum atomic E-state index is 11.9. The number of benzene rings is 2. The van der Waals surface area contributed by atoms with Crippen molar-refractivity contribution in [1.82, 2.24) is 5.43 Å². The fourth-order valence-electron chi connectivity index (χ4n) is 2.66. The minimum Gasteiger partial charge on any atom is -0.478 e. The van der Waals surface area contributed by atoms with E-state index in [1.807, 2.05) is 32.0 Å². The lowest BCUT2D eigenvalue weighted by Crippen LogP contribution is -2.24. The van der Waals surface area contributed by atoms with E-state index < -0.39 is 12.0 Å². The van der Waals surface area contributed by atoms with Crippen molar-refractivity contribution < 1.29 is 19.1 Å². The quantitative estimate of drug-likeness (QED) is 0.452. The van der Waals surface area contributed by atoms with Crippen LogP contribution in [0.2, 0.25) is 0 Å². The zero-order chi connectivity index (χ0) is 20.1. The van der Waals surface area contributed by atoms with Gasteiger partial charge in [-0.3, -0.25) is 0 Å². The summed E-state index contributed by atoms with van der Waals surface area (Å²) < 4.78 is 5.70. The molecule has 0 radical (unpaired) electrons. The second-order valence-corrected chi connectivity index (χ2v) is 6.18. The number of urea groups is 1. The third-order valence-corrected chi connectivity index (χ3v) is 4.12. The number of hydrogen-bond donors (Lipinski definition) is 3. The molecule has 0 fully saturated rings. The largest absolute Gasteiger partial charge is 0.478 e. The smallest absolute Gasteiger partial charge is 0.339 e. The van der Waals surface area contributed by atoms with E-state index in [1.165, 1.54) is 12.3 Å². The number of carbonyl (C=O) groups is 2. The second kappa shape index (κ2) is 8.22. The van der Waals surface area contributed by atoms with Crippen LogP contribution in [0.5, 0.6) is 0 Å². The number of aryl methyl sites for hydroxylation is 2. The van der Waals surface area contributed by atoms with Gasteiger partial charge in [0.15, 0.2) is 0 Å². The number of amides is 2. The molecule has 28 heavy (non-hydrogen) atoms. The average Bonchev–Trinajstić information content (AvgIpc) is 3.12. The summed E-state index contributed by atoms with van der Waals surface area (Å²) in [4.78, 5) is 22.9. The van der Waals surface area contributed by atoms with Gasteiger partial charge in [0.25, 0.3) is 0 Å². The highest BCUT2D eigenvalue weighted by Crippen LogP contribution is 2.26. The molecule has 0 bridgehead atoms. The molecular formula is C21H19N3O4. The van der Waals surface area contributed by atoms with Crippen molar-refractivity contribution >= 4 is 23.9 Å². The van der Waals surface area contributed by atoms with Crippen LogP contribution in [0.3, 0.4) is 0 Å². The number of hydrazone groups is 1. The van der Waals surface area contributed by atoms with Crippen LogP contribution in [-0.2, 0) is 0 Å². The molecule has 7 nitrogen and oxygen atoms in total. The fourth-order valence-corrected chi connectivity index (χ4v) is 2.66. The highest BCUT2D eigenvalue weighted by atomic mass is 16.4. The van der Waals surface area contributed by atoms with E-state index in [2.05, 4.69) is 15.8 Å². The number of rotatable bonds is 5. The molecule has 2 amide bonds. The third-order valence-electron chi connectivity index (χ3n) is 4.12. The molecule has 3 aromatic rings. The van der Waals surface area contributed by atoms with E-state index in [0.29, 0.717) is 17.2 Å². The number of nitrogens with zero attached hydrogens (tertiary/aromatic N) is 1. The fraction of sp³-hybridized carbons (Fsp3) is 0.0952. The third kappa shape index (κ3) is 4.45. The van der Waals surface area contributed by atoms with Crippen LogP contribution < -0.4 is 10.7 Å². The molecule has 0 aliphatic heterocycles. The van der Waals surface area contributed by atoms with Gasteiger partial charge in [-0.15, -0.1) is 0 Å². The molecule has 0 aliphatic carbocycles. The summed E-state index contributed by atoms with van der Waals surface area (Å²) >= 11 is 0. The molecule has 7 heteroatoms. The molecule has 0 aliphatic rings. The minimum atomic E-state index is -0.975. The minimum absolute atomic E-state index is 0.221. The molecule has 0 saturated carbocycles. The first-order chi connectivity index (χ1) is 13.4. The van der Waals surface area contributed by atoms with E-state index >= 15 is 0 Å². The summed E-state index contributed by atoms with van der Waals surface area (Å²) in [7, 11) is 0. The summed E-state index contributed by atoms with van der Waals surface area (Å²) in [6, 6.07) is 15.3. The van der Waals surface area contributed by atoms with Gasteiger partial charge in [-0.2, -0.15) is 5.10 Å². The molecule has 142 valence electrons. The predicted molar refractivity (Wildman–Crippen MR) is 107 cm³/mol. The van der Waals surface area contributed by atoms with Crippen molar-refractivity contribution in [2.24, 2.45) is 5.10 Å². The van der Waals surface area contributed by atoms with Crippen molar-refractivity contribution in [3.8, 4) is 11.3 Å². The van der Waals surface area contributed by atoms with Gasteiger partial charge >= 0.3 is 12.0 Å². The first kappa shape index (κ1) is 18.9. The van der Waals surface area contributed by atoms with Gasteiger partial charge in [0.05, 0.1) is 11.8 Å². The lowest BCUT2D eigenvalue weighted by molar-refractivity contribution is 0.0696. The highest BCUT2D eigenvalue weighted by Gasteiger charge is 2.10. The molecule has 1 heterocycles. The predicted octanol–water partition coefficient (Wildman–Crippen LogP) is 4.42. The number of carbonyl (C=O) groups excluding carboxylic acids is 1. The highest BCUT2D eigenvalue weighted by molar-refractivity contribution is 5.91. The van der Waals surface area contributed by atoms with Crippen LogP contribution in [0.1, 0.15) is 27.2 Å². The molecule has 0 unspecified atom stereocenters. The van der Waals surface area contributed by atoms with E-state index in [9.17, 15) is 9.59 Å². The van der Waals surface area contributed by atoms with Gasteiger partial charge in [-0.25, -0.2) is 15.0 Å². The zero-order valence-corrected chi connectivity index (χ0v) is 15.4. The number of hydrogen-bond acceptors (Lipinski definition) is 4. The van der Waals surface area contributed by atoms with Crippen molar-refractivity contribution in [3.05, 3.63) is 77.0 Å². The van der Waals surface area contributed by atoms with E-state index in [-0.39, 0.29) is 5.56 Å². The van der Waals surface area contributed by atoms with Gasteiger partial charge in [-0.05, 0) is 55.3 Å². The Labute approximate surface area is 161 Å². The number of anilines is 1. The topological polar surface area (TPSA) is 104 Å². The SMILES string of the molecule is Cc1ccccc1NC(=O)N/N=C/c1ccc(-c2ccc(C(=O)O)cc2C)o1. The lowest BCUT2D eigenvalue weighted by Gasteiger charge is -2.06. The standard InChI is InChI=1S/C21H19N3O4/c1-13-5-3-4-6-18(13)23-21(27)24-22-12-16-8-10-19(28-16)17-9-7-15(20(25)26)11-14(17)2/h3-12H,1-2H3,(H,25,26)(H2,23,24,27)/b22-12+. The van der Waals surface area contributed by atoms with Crippen LogP contribution in [0.4, 0.5) is 10.5 Å². The molecular weight excluding hydrogens is 358 g/mol. The zero-order valence-electron chi connectivity index (χ0n) is 15.4. The van der Waals surface area contributed by atoms with Crippen LogP contribution in [0.25, 0.3) is 11.3 Å². The van der Waals surface area contributed by atoms with Gasteiger partial charge in [0.1, 0.15) is 11.5 Å². The Morgan fingerprint density at radius 2 is 1.82 bits per heavy atom. The number of carboxylic acid groups (broad SMARTS) is 1. The normalized spacial score (nSPS) is 10.8. The van der Waals surface area contributed by atoms with Crippen molar-refractivity contribution in [2.75, 3.05) is 5.32 Å². The lowest BCUT2D eigenvalue weighted by atomic mass is 10.0. The van der Waals surface area contributed by atoms with Crippen molar-refractivity contribution in [3.63, 3.8) is 0 Å². The monoisotopic (exact) mass is 377 g/mol. The molecule has 1 aromatic heterocycles. The van der Waals surface area contributed by atoms with Crippen molar-refractivity contribution in [2.45, 2.75) is 13.8 Å². The Morgan fingerprint density at radius 3 is 2.54 bits per heavy atom. The summed E-state index contributed by atoms with van der Waals surface area (Å²) in [6.07, 6.45) is 1.39. The van der Waals surface area contributed by atoms with Gasteiger partial charge in [0, 0.05) is 11.3 Å². The second-order valence-electron chi connectivity index (χ2n) is 6.18. The number of para-hydroxylation sites is 1. The first-order valence-electron chi connectivity index (χ1n) is 8.54. The van der Waals surface area contributed by atoms with Crippen molar-refractivity contribution in [1.29, 1.82) is 0 Å². The van der Waals surface area contributed by atoms with Crippen LogP contribution >= 0.6 is 0 Å². The Morgan fingerprint density at radius 1 is 1.04 bits per heavy atom. The van der Waals surface area contributed by atoms with E-state index in [0.717, 1.165) is 16.7 Å². The van der Waals surface area contributed by atoms with Gasteiger partial charge < -0.3 is 14.8 Å². The number of carboxylic acids is 1. The number of nitrogens with one attached hydrogen (secondary N) is 2. The Hall–Kier alpha value is -3.87. The summed E-state index contributed by atoms with van der Waals surface area (Å²) in [5, 5.41) is 15.6. The van der Waals surface area contributed by atoms with Crippen LogP contribution in [0.15, 0.2) is 64.1 Å². The number of aromatic carboxylic acids is 1. The average molecular weight is 377 g/mol. The summed E-state index contributed by atoms with van der Waals surface area (Å²) in [5.41, 5.74) is 5.83. The molecule has 0 spiro atoms. The van der Waals surface area contributed by atoms with Crippen LogP contribution in [0, 0.1) is 13.8 Å². The van der Waals surface area contributed by atoms with E-state index in [4.69, 9.17) is 9.52 Å². The molecule has 2 aromatic carbocycles. The maximum absolute atomic E-state index is 11.9. The van der Waals surface area contributed by atoms with Gasteiger partial charge in [-0.1, -0.05) is 24.3 Å². The Kier molecular flexibility index (Phi) is 5.55. The summed E-state index contributed by atoms with van der Waals surface area (Å²) in [5.74, 6) is 0.0603. The van der Waals surface area contributed by atoms with Gasteiger partial charge in [0.2, 0.25) is 0 Å². The van der Waals surface area contributed by atoms with E-state index in [1.54, 1.807) is 30.3 Å². The molecule has 3 rings (SSSR count). The Balaban J connectivity index is 1.64. The first-order valence-corrected chi connectivity index (χ1v) is 8.54. The molecule has 0 atom stereocenters. The summed E-state index contributed by atoms with van der Waals surface area (Å²) in [6.45, 7) is 3.71.